The van der Waals surface area contributed by atoms with Crippen molar-refractivity contribution in [2.45, 2.75) is 46.5 Å². The van der Waals surface area contributed by atoms with Gasteiger partial charge in [0, 0.05) is 5.56 Å². The number of hydrogen-bond donors (Lipinski definition) is 0. The van der Waals surface area contributed by atoms with Gasteiger partial charge in [0.1, 0.15) is 17.0 Å². The van der Waals surface area contributed by atoms with Gasteiger partial charge in [0.15, 0.2) is 0 Å². The molecule has 0 saturated heterocycles. The molecular weight excluding hydrogens is 314 g/mol. The van der Waals surface area contributed by atoms with Crippen LogP contribution in [0.3, 0.4) is 0 Å². The molecule has 4 rings (SSSR count). The average Bonchev–Trinajstić information content (AvgIpc) is 3.30. The molecule has 2 heterocycles. The van der Waals surface area contributed by atoms with Crippen molar-refractivity contribution in [3.8, 4) is 17.1 Å². The third-order valence-corrected chi connectivity index (χ3v) is 4.73. The van der Waals surface area contributed by atoms with Crippen LogP contribution in [0, 0.1) is 26.7 Å². The second kappa shape index (κ2) is 6.47. The Morgan fingerprint density at radius 1 is 1.16 bits per heavy atom. The van der Waals surface area contributed by atoms with Crippen LogP contribution in [-0.2, 0) is 0 Å². The minimum atomic E-state index is 0.502. The van der Waals surface area contributed by atoms with Crippen LogP contribution in [0.1, 0.15) is 42.6 Å². The highest BCUT2D eigenvalue weighted by Gasteiger charge is 2.22. The SMILES string of the molecule is Cc1ccc(-c2noc3c(OCCCC4CC4)nc(C)nc23)c(C)c1. The second-order valence-electron chi connectivity index (χ2n) is 7.04. The average molecular weight is 337 g/mol. The van der Waals surface area contributed by atoms with Gasteiger partial charge in [-0.1, -0.05) is 41.8 Å². The van der Waals surface area contributed by atoms with Gasteiger partial charge in [-0.3, -0.25) is 0 Å². The first-order chi connectivity index (χ1) is 12.1. The molecule has 3 aromatic rings. The smallest absolute Gasteiger partial charge is 0.264 e. The van der Waals surface area contributed by atoms with Crippen LogP contribution < -0.4 is 4.74 Å². The summed E-state index contributed by atoms with van der Waals surface area (Å²) in [6.07, 6.45) is 5.03. The van der Waals surface area contributed by atoms with E-state index < -0.39 is 0 Å². The van der Waals surface area contributed by atoms with E-state index in [0.717, 1.165) is 34.7 Å². The first-order valence-electron chi connectivity index (χ1n) is 8.96. The third kappa shape index (κ3) is 3.36. The Hall–Kier alpha value is -2.43. The molecule has 1 fully saturated rings. The van der Waals surface area contributed by atoms with Crippen molar-refractivity contribution in [1.82, 2.24) is 15.1 Å². The molecule has 0 radical (unpaired) electrons. The lowest BCUT2D eigenvalue weighted by Gasteiger charge is -2.06. The lowest BCUT2D eigenvalue weighted by atomic mass is 10.0. The zero-order valence-corrected chi connectivity index (χ0v) is 15.0. The Morgan fingerprint density at radius 2 is 2.00 bits per heavy atom. The molecule has 0 unspecified atom stereocenters. The van der Waals surface area contributed by atoms with Gasteiger partial charge in [0.2, 0.25) is 5.58 Å². The normalized spacial score (nSPS) is 14.2. The van der Waals surface area contributed by atoms with Gasteiger partial charge in [0.05, 0.1) is 6.61 Å². The molecule has 5 heteroatoms. The third-order valence-electron chi connectivity index (χ3n) is 4.73. The Labute approximate surface area is 147 Å². The summed E-state index contributed by atoms with van der Waals surface area (Å²) in [6, 6.07) is 6.28. The summed E-state index contributed by atoms with van der Waals surface area (Å²) in [6.45, 7) is 6.68. The van der Waals surface area contributed by atoms with E-state index >= 15 is 0 Å². The van der Waals surface area contributed by atoms with Crippen molar-refractivity contribution in [2.75, 3.05) is 6.61 Å². The van der Waals surface area contributed by atoms with E-state index in [-0.39, 0.29) is 0 Å². The monoisotopic (exact) mass is 337 g/mol. The summed E-state index contributed by atoms with van der Waals surface area (Å²) in [7, 11) is 0. The van der Waals surface area contributed by atoms with Crippen molar-refractivity contribution >= 4 is 11.1 Å². The summed E-state index contributed by atoms with van der Waals surface area (Å²) in [5, 5.41) is 4.27. The summed E-state index contributed by atoms with van der Waals surface area (Å²) in [5.74, 6) is 2.08. The highest BCUT2D eigenvalue weighted by Crippen LogP contribution is 2.35. The molecule has 5 nitrogen and oxygen atoms in total. The fraction of sp³-hybridized carbons (Fsp3) is 0.450. The zero-order chi connectivity index (χ0) is 17.4. The van der Waals surface area contributed by atoms with Crippen molar-refractivity contribution < 1.29 is 9.26 Å². The highest BCUT2D eigenvalue weighted by atomic mass is 16.5. The van der Waals surface area contributed by atoms with Gasteiger partial charge in [-0.25, -0.2) is 4.98 Å². The van der Waals surface area contributed by atoms with E-state index in [9.17, 15) is 0 Å². The summed E-state index contributed by atoms with van der Waals surface area (Å²) < 4.78 is 11.5. The van der Waals surface area contributed by atoms with E-state index in [1.54, 1.807) is 0 Å². The van der Waals surface area contributed by atoms with Crippen molar-refractivity contribution in [1.29, 1.82) is 0 Å². The Bertz CT molecular complexity index is 913. The zero-order valence-electron chi connectivity index (χ0n) is 15.0. The molecule has 25 heavy (non-hydrogen) atoms. The van der Waals surface area contributed by atoms with Crippen LogP contribution in [0.5, 0.6) is 5.88 Å². The fourth-order valence-corrected chi connectivity index (χ4v) is 3.22. The van der Waals surface area contributed by atoms with Crippen molar-refractivity contribution in [2.24, 2.45) is 5.92 Å². The number of aryl methyl sites for hydroxylation is 3. The quantitative estimate of drug-likeness (QED) is 0.606. The van der Waals surface area contributed by atoms with E-state index in [1.807, 2.05) is 6.92 Å². The molecule has 0 bridgehead atoms. The Kier molecular flexibility index (Phi) is 4.15. The van der Waals surface area contributed by atoms with E-state index in [2.05, 4.69) is 47.2 Å². The van der Waals surface area contributed by atoms with Gasteiger partial charge in [-0.2, -0.15) is 4.98 Å². The molecule has 0 spiro atoms. The van der Waals surface area contributed by atoms with E-state index in [4.69, 9.17) is 9.26 Å². The summed E-state index contributed by atoms with van der Waals surface area (Å²) in [5.41, 5.74) is 5.41. The van der Waals surface area contributed by atoms with Crippen LogP contribution in [0.4, 0.5) is 0 Å². The first-order valence-corrected chi connectivity index (χ1v) is 8.96. The van der Waals surface area contributed by atoms with Gasteiger partial charge in [-0.15, -0.1) is 0 Å². The van der Waals surface area contributed by atoms with Gasteiger partial charge in [0.25, 0.3) is 5.88 Å². The second-order valence-corrected chi connectivity index (χ2v) is 7.04. The number of rotatable bonds is 6. The molecule has 0 atom stereocenters. The standard InChI is InChI=1S/C20H23N3O2/c1-12-6-9-16(13(2)11-12)17-18-19(25-23-17)20(22-14(3)21-18)24-10-4-5-15-7-8-15/h6,9,11,15H,4-5,7-8,10H2,1-3H3. The number of fused-ring (bicyclic) bond motifs is 1. The first kappa shape index (κ1) is 16.1. The van der Waals surface area contributed by atoms with Crippen LogP contribution in [0.2, 0.25) is 0 Å². The number of nitrogens with zero attached hydrogens (tertiary/aromatic N) is 3. The van der Waals surface area contributed by atoms with E-state index in [0.29, 0.717) is 23.9 Å². The predicted molar refractivity (Wildman–Crippen MR) is 96.7 cm³/mol. The van der Waals surface area contributed by atoms with Crippen LogP contribution >= 0.6 is 0 Å². The predicted octanol–water partition coefficient (Wildman–Crippen LogP) is 4.78. The molecule has 0 aliphatic heterocycles. The number of hydrogen-bond acceptors (Lipinski definition) is 5. The largest absolute Gasteiger partial charge is 0.475 e. The molecule has 0 N–H and O–H groups in total. The minimum absolute atomic E-state index is 0.502. The minimum Gasteiger partial charge on any atom is -0.475 e. The van der Waals surface area contributed by atoms with Gasteiger partial charge < -0.3 is 9.26 Å². The van der Waals surface area contributed by atoms with Gasteiger partial charge >= 0.3 is 0 Å². The topological polar surface area (TPSA) is 61.0 Å². The molecule has 2 aromatic heterocycles. The summed E-state index contributed by atoms with van der Waals surface area (Å²) in [4.78, 5) is 8.97. The maximum atomic E-state index is 5.89. The highest BCUT2D eigenvalue weighted by molar-refractivity contribution is 5.91. The van der Waals surface area contributed by atoms with Gasteiger partial charge in [-0.05, 0) is 45.1 Å². The molecule has 1 saturated carbocycles. The van der Waals surface area contributed by atoms with Crippen LogP contribution in [0.15, 0.2) is 22.7 Å². The lowest BCUT2D eigenvalue weighted by molar-refractivity contribution is 0.287. The van der Waals surface area contributed by atoms with Crippen LogP contribution in [-0.4, -0.2) is 21.7 Å². The maximum Gasteiger partial charge on any atom is 0.264 e. The lowest BCUT2D eigenvalue weighted by Crippen LogP contribution is -2.02. The molecule has 1 aliphatic rings. The number of benzene rings is 1. The molecule has 130 valence electrons. The Balaban J connectivity index is 1.65. The van der Waals surface area contributed by atoms with E-state index in [1.165, 1.54) is 24.8 Å². The Morgan fingerprint density at radius 3 is 2.76 bits per heavy atom. The fourth-order valence-electron chi connectivity index (χ4n) is 3.22. The molecular formula is C20H23N3O2. The number of aromatic nitrogens is 3. The summed E-state index contributed by atoms with van der Waals surface area (Å²) >= 11 is 0. The molecule has 0 amide bonds. The molecule has 1 aromatic carbocycles. The maximum absolute atomic E-state index is 5.89. The van der Waals surface area contributed by atoms with Crippen LogP contribution in [0.25, 0.3) is 22.4 Å². The molecule has 1 aliphatic carbocycles. The number of ether oxygens (including phenoxy) is 1. The van der Waals surface area contributed by atoms with Crippen molar-refractivity contribution in [3.63, 3.8) is 0 Å². The van der Waals surface area contributed by atoms with Crippen molar-refractivity contribution in [3.05, 3.63) is 35.2 Å².